The molecule has 14 heavy (non-hydrogen) atoms. The number of aromatic amines is 1. The van der Waals surface area contributed by atoms with Crippen molar-refractivity contribution in [3.63, 3.8) is 0 Å². The second kappa shape index (κ2) is 3.88. The normalized spacial score (nSPS) is 10.4. The Morgan fingerprint density at radius 1 is 1.14 bits per heavy atom. The van der Waals surface area contributed by atoms with Gasteiger partial charge in [-0.15, -0.1) is 0 Å². The van der Waals surface area contributed by atoms with Gasteiger partial charge in [0, 0.05) is 10.6 Å². The van der Waals surface area contributed by atoms with Gasteiger partial charge in [0.1, 0.15) is 0 Å². The van der Waals surface area contributed by atoms with Crippen LogP contribution in [0.5, 0.6) is 0 Å². The Hall–Kier alpha value is -1.22. The van der Waals surface area contributed by atoms with Gasteiger partial charge in [-0.3, -0.25) is 5.10 Å². The standard InChI is InChI=1S/C11H12N2S/c1-8-3-5-10(6-4-8)14-11-7-12-13-9(11)2/h3-7H,1-2H3,(H,12,13). The molecule has 0 amide bonds. The highest BCUT2D eigenvalue weighted by Crippen LogP contribution is 2.28. The van der Waals surface area contributed by atoms with Crippen LogP contribution in [0.3, 0.4) is 0 Å². The van der Waals surface area contributed by atoms with Gasteiger partial charge in [0.05, 0.1) is 11.1 Å². The van der Waals surface area contributed by atoms with Crippen LogP contribution in [0, 0.1) is 13.8 Å². The Morgan fingerprint density at radius 2 is 1.86 bits per heavy atom. The molecule has 0 saturated heterocycles. The summed E-state index contributed by atoms with van der Waals surface area (Å²) in [4.78, 5) is 2.44. The van der Waals surface area contributed by atoms with Gasteiger partial charge in [-0.1, -0.05) is 29.5 Å². The predicted molar refractivity (Wildman–Crippen MR) is 58.6 cm³/mol. The molecule has 1 aromatic carbocycles. The Morgan fingerprint density at radius 3 is 2.43 bits per heavy atom. The van der Waals surface area contributed by atoms with E-state index in [2.05, 4.69) is 41.4 Å². The zero-order chi connectivity index (χ0) is 9.97. The monoisotopic (exact) mass is 204 g/mol. The predicted octanol–water partition coefficient (Wildman–Crippen LogP) is 3.18. The summed E-state index contributed by atoms with van der Waals surface area (Å²) >= 11 is 1.74. The molecule has 2 rings (SSSR count). The van der Waals surface area contributed by atoms with E-state index in [1.54, 1.807) is 11.8 Å². The van der Waals surface area contributed by atoms with E-state index in [0.717, 1.165) is 5.69 Å². The maximum absolute atomic E-state index is 3.99. The average Bonchev–Trinajstić information content (AvgIpc) is 2.56. The van der Waals surface area contributed by atoms with Gasteiger partial charge in [-0.05, 0) is 26.0 Å². The van der Waals surface area contributed by atoms with Crippen molar-refractivity contribution in [2.75, 3.05) is 0 Å². The number of H-pyrrole nitrogens is 1. The van der Waals surface area contributed by atoms with E-state index in [1.165, 1.54) is 15.4 Å². The van der Waals surface area contributed by atoms with Gasteiger partial charge in [0.2, 0.25) is 0 Å². The summed E-state index contributed by atoms with van der Waals surface area (Å²) in [5, 5.41) is 6.92. The van der Waals surface area contributed by atoms with Gasteiger partial charge in [-0.25, -0.2) is 0 Å². The van der Waals surface area contributed by atoms with Gasteiger partial charge in [0.15, 0.2) is 0 Å². The van der Waals surface area contributed by atoms with Gasteiger partial charge >= 0.3 is 0 Å². The lowest BCUT2D eigenvalue weighted by molar-refractivity contribution is 1.04. The highest BCUT2D eigenvalue weighted by Gasteiger charge is 2.01. The largest absolute Gasteiger partial charge is 0.282 e. The third-order valence-corrected chi connectivity index (χ3v) is 3.17. The molecule has 0 fully saturated rings. The zero-order valence-corrected chi connectivity index (χ0v) is 9.06. The lowest BCUT2D eigenvalue weighted by atomic mass is 10.2. The number of hydrogen-bond donors (Lipinski definition) is 1. The Labute approximate surface area is 87.7 Å². The van der Waals surface area contributed by atoms with E-state index in [0.29, 0.717) is 0 Å². The summed E-state index contributed by atoms with van der Waals surface area (Å²) in [6, 6.07) is 8.51. The topological polar surface area (TPSA) is 28.7 Å². The van der Waals surface area contributed by atoms with Crippen LogP contribution < -0.4 is 0 Å². The molecule has 72 valence electrons. The molecule has 1 heterocycles. The minimum atomic E-state index is 1.12. The minimum Gasteiger partial charge on any atom is -0.282 e. The summed E-state index contributed by atoms with van der Waals surface area (Å²) in [6.45, 7) is 4.13. The second-order valence-corrected chi connectivity index (χ2v) is 4.39. The molecular formula is C11H12N2S. The van der Waals surface area contributed by atoms with E-state index in [4.69, 9.17) is 0 Å². The molecule has 1 N–H and O–H groups in total. The van der Waals surface area contributed by atoms with Gasteiger partial charge in [-0.2, -0.15) is 5.10 Å². The first-order valence-electron chi connectivity index (χ1n) is 4.50. The fraction of sp³-hybridized carbons (Fsp3) is 0.182. The molecule has 3 heteroatoms. The van der Waals surface area contributed by atoms with Crippen LogP contribution in [-0.2, 0) is 0 Å². The maximum atomic E-state index is 3.99. The SMILES string of the molecule is Cc1ccc(Sc2cn[nH]c2C)cc1. The molecule has 1 aromatic heterocycles. The quantitative estimate of drug-likeness (QED) is 0.814. The van der Waals surface area contributed by atoms with Gasteiger partial charge in [0.25, 0.3) is 0 Å². The Balaban J connectivity index is 2.19. The van der Waals surface area contributed by atoms with E-state index in [9.17, 15) is 0 Å². The molecule has 2 nitrogen and oxygen atoms in total. The Kier molecular flexibility index (Phi) is 2.59. The molecule has 0 spiro atoms. The molecule has 0 aliphatic rings. The first kappa shape index (κ1) is 9.34. The molecule has 0 saturated carbocycles. The van der Waals surface area contributed by atoms with Crippen molar-refractivity contribution in [2.45, 2.75) is 23.6 Å². The van der Waals surface area contributed by atoms with E-state index in [-0.39, 0.29) is 0 Å². The third-order valence-electron chi connectivity index (χ3n) is 2.03. The Bertz CT molecular complexity index is 417. The highest BCUT2D eigenvalue weighted by molar-refractivity contribution is 7.99. The van der Waals surface area contributed by atoms with Crippen molar-refractivity contribution in [1.82, 2.24) is 10.2 Å². The van der Waals surface area contributed by atoms with Crippen LogP contribution >= 0.6 is 11.8 Å². The summed E-state index contributed by atoms with van der Waals surface area (Å²) in [7, 11) is 0. The summed E-state index contributed by atoms with van der Waals surface area (Å²) in [6.07, 6.45) is 1.86. The van der Waals surface area contributed by atoms with E-state index >= 15 is 0 Å². The number of hydrogen-bond acceptors (Lipinski definition) is 2. The van der Waals surface area contributed by atoms with Crippen molar-refractivity contribution in [3.8, 4) is 0 Å². The van der Waals surface area contributed by atoms with E-state index < -0.39 is 0 Å². The van der Waals surface area contributed by atoms with Crippen molar-refractivity contribution in [3.05, 3.63) is 41.7 Å². The smallest absolute Gasteiger partial charge is 0.0629 e. The van der Waals surface area contributed by atoms with Crippen LogP contribution in [0.25, 0.3) is 0 Å². The first-order valence-corrected chi connectivity index (χ1v) is 5.32. The lowest BCUT2D eigenvalue weighted by Crippen LogP contribution is -1.76. The third kappa shape index (κ3) is 1.99. The van der Waals surface area contributed by atoms with Crippen LogP contribution in [0.15, 0.2) is 40.3 Å². The van der Waals surface area contributed by atoms with Crippen molar-refractivity contribution >= 4 is 11.8 Å². The zero-order valence-electron chi connectivity index (χ0n) is 8.24. The summed E-state index contributed by atoms with van der Waals surface area (Å²) < 4.78 is 0. The van der Waals surface area contributed by atoms with Crippen LogP contribution in [0.4, 0.5) is 0 Å². The van der Waals surface area contributed by atoms with Crippen molar-refractivity contribution in [2.24, 2.45) is 0 Å². The highest BCUT2D eigenvalue weighted by atomic mass is 32.2. The number of rotatable bonds is 2. The molecular weight excluding hydrogens is 192 g/mol. The molecule has 0 radical (unpaired) electrons. The van der Waals surface area contributed by atoms with Gasteiger partial charge < -0.3 is 0 Å². The number of nitrogens with one attached hydrogen (secondary N) is 1. The molecule has 0 bridgehead atoms. The van der Waals surface area contributed by atoms with Crippen molar-refractivity contribution in [1.29, 1.82) is 0 Å². The number of aryl methyl sites for hydroxylation is 2. The first-order chi connectivity index (χ1) is 6.75. The van der Waals surface area contributed by atoms with Crippen LogP contribution in [0.1, 0.15) is 11.3 Å². The molecule has 0 atom stereocenters. The van der Waals surface area contributed by atoms with Crippen molar-refractivity contribution < 1.29 is 0 Å². The molecule has 0 unspecified atom stereocenters. The molecule has 0 aliphatic heterocycles. The summed E-state index contributed by atoms with van der Waals surface area (Å²) in [5.74, 6) is 0. The maximum Gasteiger partial charge on any atom is 0.0629 e. The van der Waals surface area contributed by atoms with Crippen LogP contribution in [0.2, 0.25) is 0 Å². The number of benzene rings is 1. The fourth-order valence-corrected chi connectivity index (χ4v) is 2.01. The minimum absolute atomic E-state index is 1.12. The fourth-order valence-electron chi connectivity index (χ4n) is 1.18. The van der Waals surface area contributed by atoms with E-state index in [1.807, 2.05) is 13.1 Å². The number of nitrogens with zero attached hydrogens (tertiary/aromatic N) is 1. The number of aromatic nitrogens is 2. The van der Waals surface area contributed by atoms with Crippen LogP contribution in [-0.4, -0.2) is 10.2 Å². The summed E-state index contributed by atoms with van der Waals surface area (Å²) in [5.41, 5.74) is 2.41. The molecule has 0 aliphatic carbocycles. The lowest BCUT2D eigenvalue weighted by Gasteiger charge is -1.99. The average molecular weight is 204 g/mol. The second-order valence-electron chi connectivity index (χ2n) is 3.27. The molecule has 2 aromatic rings.